The van der Waals surface area contributed by atoms with Crippen molar-refractivity contribution in [1.82, 2.24) is 10.2 Å². The zero-order valence-corrected chi connectivity index (χ0v) is 12.8. The van der Waals surface area contributed by atoms with Gasteiger partial charge >= 0.3 is 0 Å². The molecule has 1 N–H and O–H groups in total. The molecule has 120 valence electrons. The summed E-state index contributed by atoms with van der Waals surface area (Å²) in [6.45, 7) is 3.79. The average Bonchev–Trinajstić information content (AvgIpc) is 2.80. The van der Waals surface area contributed by atoms with Gasteiger partial charge in [-0.1, -0.05) is 25.0 Å². The highest BCUT2D eigenvalue weighted by atomic mass is 16.6. The van der Waals surface area contributed by atoms with Crippen molar-refractivity contribution in [3.8, 4) is 0 Å². The number of para-hydroxylation sites is 1. The molecule has 0 bridgehead atoms. The lowest BCUT2D eigenvalue weighted by atomic mass is 10.1. The van der Waals surface area contributed by atoms with Gasteiger partial charge in [0.2, 0.25) is 0 Å². The van der Waals surface area contributed by atoms with E-state index in [2.05, 4.69) is 10.2 Å². The summed E-state index contributed by atoms with van der Waals surface area (Å²) in [6, 6.07) is 6.04. The fourth-order valence-corrected chi connectivity index (χ4v) is 2.78. The van der Waals surface area contributed by atoms with Gasteiger partial charge in [-0.05, 0) is 45.0 Å². The maximum absolute atomic E-state index is 12.0. The predicted octanol–water partition coefficient (Wildman–Crippen LogP) is 2.59. The normalized spacial score (nSPS) is 16.0. The molecule has 1 amide bonds. The Balaban J connectivity index is 1.77. The van der Waals surface area contributed by atoms with Crippen LogP contribution in [0, 0.1) is 10.1 Å². The van der Waals surface area contributed by atoms with Gasteiger partial charge in [0, 0.05) is 12.6 Å². The van der Waals surface area contributed by atoms with E-state index in [-0.39, 0.29) is 17.2 Å². The lowest BCUT2D eigenvalue weighted by Gasteiger charge is -2.19. The molecule has 1 aromatic rings. The van der Waals surface area contributed by atoms with E-state index in [1.165, 1.54) is 37.8 Å². The molecule has 1 aromatic carbocycles. The number of nitrogens with zero attached hydrogens (tertiary/aromatic N) is 2. The highest BCUT2D eigenvalue weighted by Gasteiger charge is 2.18. The van der Waals surface area contributed by atoms with Crippen molar-refractivity contribution < 1.29 is 9.72 Å². The Kier molecular flexibility index (Phi) is 6.33. The molecule has 0 radical (unpaired) electrons. The predicted molar refractivity (Wildman–Crippen MR) is 85.0 cm³/mol. The van der Waals surface area contributed by atoms with Crippen LogP contribution in [0.15, 0.2) is 24.3 Å². The number of benzene rings is 1. The third-order valence-electron chi connectivity index (χ3n) is 3.98. The molecule has 0 atom stereocenters. The van der Waals surface area contributed by atoms with Crippen LogP contribution in [0.25, 0.3) is 0 Å². The Hall–Kier alpha value is -1.95. The molecule has 6 nitrogen and oxygen atoms in total. The molecule has 6 heteroatoms. The third-order valence-corrected chi connectivity index (χ3v) is 3.98. The van der Waals surface area contributed by atoms with Gasteiger partial charge < -0.3 is 10.2 Å². The number of amides is 1. The van der Waals surface area contributed by atoms with Gasteiger partial charge in [-0.3, -0.25) is 14.9 Å². The van der Waals surface area contributed by atoms with Crippen LogP contribution in [-0.4, -0.2) is 41.9 Å². The summed E-state index contributed by atoms with van der Waals surface area (Å²) in [7, 11) is 0. The summed E-state index contributed by atoms with van der Waals surface area (Å²) in [4.78, 5) is 24.9. The molecule has 22 heavy (non-hydrogen) atoms. The minimum atomic E-state index is -0.522. The standard InChI is InChI=1S/C16H23N3O3/c20-16(14-8-3-4-9-15(14)19(21)22)17-10-7-13-18-11-5-1-2-6-12-18/h3-4,8-9H,1-2,5-7,10-13H2,(H,17,20). The molecule has 1 saturated heterocycles. The minimum absolute atomic E-state index is 0.127. The van der Waals surface area contributed by atoms with Crippen molar-refractivity contribution >= 4 is 11.6 Å². The lowest BCUT2D eigenvalue weighted by Crippen LogP contribution is -2.30. The summed E-state index contributed by atoms with van der Waals surface area (Å²) in [6.07, 6.45) is 5.99. The summed E-state index contributed by atoms with van der Waals surface area (Å²) in [5, 5.41) is 13.7. The van der Waals surface area contributed by atoms with E-state index in [1.807, 2.05) is 0 Å². The molecular weight excluding hydrogens is 282 g/mol. The Morgan fingerprint density at radius 3 is 2.55 bits per heavy atom. The maximum atomic E-state index is 12.0. The van der Waals surface area contributed by atoms with Crippen LogP contribution in [-0.2, 0) is 0 Å². The van der Waals surface area contributed by atoms with Crippen LogP contribution in [0.1, 0.15) is 42.5 Å². The fraction of sp³-hybridized carbons (Fsp3) is 0.562. The van der Waals surface area contributed by atoms with Crippen molar-refractivity contribution in [2.75, 3.05) is 26.2 Å². The quantitative estimate of drug-likeness (QED) is 0.498. The number of nitro groups is 1. The van der Waals surface area contributed by atoms with Crippen molar-refractivity contribution in [3.63, 3.8) is 0 Å². The van der Waals surface area contributed by atoms with Crippen molar-refractivity contribution in [2.45, 2.75) is 32.1 Å². The maximum Gasteiger partial charge on any atom is 0.282 e. The highest BCUT2D eigenvalue weighted by Crippen LogP contribution is 2.17. The summed E-state index contributed by atoms with van der Waals surface area (Å²) >= 11 is 0. The second kappa shape index (κ2) is 8.48. The van der Waals surface area contributed by atoms with Crippen molar-refractivity contribution in [3.05, 3.63) is 39.9 Å². The van der Waals surface area contributed by atoms with Gasteiger partial charge in [0.05, 0.1) is 4.92 Å². The molecule has 1 aliphatic rings. The molecule has 0 unspecified atom stereocenters. The number of likely N-dealkylation sites (tertiary alicyclic amines) is 1. The number of carbonyl (C=O) groups is 1. The largest absolute Gasteiger partial charge is 0.352 e. The smallest absolute Gasteiger partial charge is 0.282 e. The number of carbonyl (C=O) groups excluding carboxylic acids is 1. The molecule has 0 saturated carbocycles. The number of nitro benzene ring substituents is 1. The molecule has 0 aromatic heterocycles. The van der Waals surface area contributed by atoms with E-state index >= 15 is 0 Å². The lowest BCUT2D eigenvalue weighted by molar-refractivity contribution is -0.385. The van der Waals surface area contributed by atoms with E-state index in [0.717, 1.165) is 26.1 Å². The summed E-state index contributed by atoms with van der Waals surface area (Å²) < 4.78 is 0. The Bertz CT molecular complexity index is 511. The Labute approximate surface area is 130 Å². The molecule has 0 aliphatic carbocycles. The van der Waals surface area contributed by atoms with Crippen LogP contribution in [0.2, 0.25) is 0 Å². The molecule has 2 rings (SSSR count). The first-order chi connectivity index (χ1) is 10.7. The number of nitrogens with one attached hydrogen (secondary N) is 1. The Morgan fingerprint density at radius 2 is 1.86 bits per heavy atom. The van der Waals surface area contributed by atoms with Crippen LogP contribution < -0.4 is 5.32 Å². The second-order valence-electron chi connectivity index (χ2n) is 5.64. The number of hydrogen-bond acceptors (Lipinski definition) is 4. The van der Waals surface area contributed by atoms with Crippen LogP contribution in [0.5, 0.6) is 0 Å². The highest BCUT2D eigenvalue weighted by molar-refractivity contribution is 5.98. The zero-order chi connectivity index (χ0) is 15.8. The SMILES string of the molecule is O=C(NCCCN1CCCCCC1)c1ccccc1[N+](=O)[O-]. The summed E-state index contributed by atoms with van der Waals surface area (Å²) in [5.41, 5.74) is -0.0187. The Morgan fingerprint density at radius 1 is 1.18 bits per heavy atom. The zero-order valence-electron chi connectivity index (χ0n) is 12.8. The average molecular weight is 305 g/mol. The fourth-order valence-electron chi connectivity index (χ4n) is 2.78. The van der Waals surface area contributed by atoms with Gasteiger partial charge in [0.15, 0.2) is 0 Å². The number of hydrogen-bond donors (Lipinski definition) is 1. The monoisotopic (exact) mass is 305 g/mol. The topological polar surface area (TPSA) is 75.5 Å². The number of rotatable bonds is 6. The van der Waals surface area contributed by atoms with Crippen LogP contribution in [0.3, 0.4) is 0 Å². The minimum Gasteiger partial charge on any atom is -0.352 e. The molecule has 0 spiro atoms. The van der Waals surface area contributed by atoms with E-state index < -0.39 is 4.92 Å². The first kappa shape index (κ1) is 16.4. The van der Waals surface area contributed by atoms with Crippen LogP contribution in [0.4, 0.5) is 5.69 Å². The summed E-state index contributed by atoms with van der Waals surface area (Å²) in [5.74, 6) is -0.372. The third kappa shape index (κ3) is 4.80. The van der Waals surface area contributed by atoms with Crippen molar-refractivity contribution in [2.24, 2.45) is 0 Å². The van der Waals surface area contributed by atoms with E-state index in [1.54, 1.807) is 12.1 Å². The van der Waals surface area contributed by atoms with Gasteiger partial charge in [-0.2, -0.15) is 0 Å². The van der Waals surface area contributed by atoms with E-state index in [4.69, 9.17) is 0 Å². The second-order valence-corrected chi connectivity index (χ2v) is 5.64. The van der Waals surface area contributed by atoms with Gasteiger partial charge in [-0.15, -0.1) is 0 Å². The molecular formula is C16H23N3O3. The molecule has 1 aliphatic heterocycles. The van der Waals surface area contributed by atoms with Gasteiger partial charge in [0.25, 0.3) is 11.6 Å². The van der Waals surface area contributed by atoms with E-state index in [0.29, 0.717) is 6.54 Å². The van der Waals surface area contributed by atoms with Crippen LogP contribution >= 0.6 is 0 Å². The van der Waals surface area contributed by atoms with Crippen molar-refractivity contribution in [1.29, 1.82) is 0 Å². The first-order valence-corrected chi connectivity index (χ1v) is 7.92. The molecule has 1 fully saturated rings. The van der Waals surface area contributed by atoms with Gasteiger partial charge in [-0.25, -0.2) is 0 Å². The molecule has 1 heterocycles. The van der Waals surface area contributed by atoms with Gasteiger partial charge in [0.1, 0.15) is 5.56 Å². The van der Waals surface area contributed by atoms with E-state index in [9.17, 15) is 14.9 Å². The first-order valence-electron chi connectivity index (χ1n) is 7.92.